The van der Waals surface area contributed by atoms with Gasteiger partial charge in [0, 0.05) is 11.6 Å². The normalized spacial score (nSPS) is 27.9. The number of anilines is 1. The van der Waals surface area contributed by atoms with Crippen LogP contribution in [0.15, 0.2) is 6.07 Å². The van der Waals surface area contributed by atoms with Crippen molar-refractivity contribution in [3.63, 3.8) is 0 Å². The molecular formula is C14H13F2NO3. The fourth-order valence-electron chi connectivity index (χ4n) is 3.03. The molecule has 0 aliphatic carbocycles. The summed E-state index contributed by atoms with van der Waals surface area (Å²) in [5.41, 5.74) is 0.277. The van der Waals surface area contributed by atoms with Crippen LogP contribution in [-0.4, -0.2) is 30.8 Å². The van der Waals surface area contributed by atoms with Gasteiger partial charge >= 0.3 is 0 Å². The van der Waals surface area contributed by atoms with Gasteiger partial charge in [0.1, 0.15) is 12.9 Å². The van der Waals surface area contributed by atoms with Gasteiger partial charge in [0.05, 0.1) is 17.6 Å². The fourth-order valence-corrected chi connectivity index (χ4v) is 3.03. The molecule has 1 aromatic rings. The van der Waals surface area contributed by atoms with E-state index in [4.69, 9.17) is 4.74 Å². The molecule has 0 fully saturated rings. The minimum atomic E-state index is -1.14. The Bertz CT molecular complexity index is 617. The van der Waals surface area contributed by atoms with Crippen LogP contribution in [0, 0.1) is 17.6 Å². The molecule has 0 amide bonds. The molecule has 0 spiro atoms. The number of nitrogens with zero attached hydrogens (tertiary/aromatic N) is 1. The summed E-state index contributed by atoms with van der Waals surface area (Å²) >= 11 is 0. The molecule has 106 valence electrons. The number of halogens is 2. The van der Waals surface area contributed by atoms with E-state index in [1.54, 1.807) is 11.8 Å². The molecule has 0 radical (unpaired) electrons. The van der Waals surface area contributed by atoms with E-state index in [1.165, 1.54) is 0 Å². The molecule has 20 heavy (non-hydrogen) atoms. The van der Waals surface area contributed by atoms with Crippen molar-refractivity contribution < 1.29 is 23.1 Å². The molecule has 3 unspecified atom stereocenters. The molecule has 6 heteroatoms. The molecule has 2 aliphatic heterocycles. The lowest BCUT2D eigenvalue weighted by atomic mass is 9.84. The number of hydrogen-bond acceptors (Lipinski definition) is 4. The zero-order chi connectivity index (χ0) is 14.6. The van der Waals surface area contributed by atoms with Crippen LogP contribution in [0.5, 0.6) is 5.75 Å². The molecule has 3 rings (SSSR count). The fraction of sp³-hybridized carbons (Fsp3) is 0.429. The molecule has 2 heterocycles. The van der Waals surface area contributed by atoms with Gasteiger partial charge in [-0.2, -0.15) is 4.39 Å². The third-order valence-electron chi connectivity index (χ3n) is 4.03. The molecule has 3 atom stereocenters. The van der Waals surface area contributed by atoms with E-state index >= 15 is 0 Å². The van der Waals surface area contributed by atoms with Crippen LogP contribution in [0.1, 0.15) is 24.2 Å². The Labute approximate surface area is 114 Å². The van der Waals surface area contributed by atoms with Gasteiger partial charge < -0.3 is 14.4 Å². The lowest BCUT2D eigenvalue weighted by Gasteiger charge is -2.46. The Morgan fingerprint density at radius 1 is 1.40 bits per heavy atom. The first-order valence-electron chi connectivity index (χ1n) is 6.40. The highest BCUT2D eigenvalue weighted by molar-refractivity contribution is 6.12. The number of ether oxygens (including phenoxy) is 1. The topological polar surface area (TPSA) is 46.6 Å². The number of carbonyl (C=O) groups excluding carboxylic acids is 2. The summed E-state index contributed by atoms with van der Waals surface area (Å²) in [5.74, 6) is -3.83. The van der Waals surface area contributed by atoms with Crippen LogP contribution in [0.4, 0.5) is 14.5 Å². The second-order valence-corrected chi connectivity index (χ2v) is 5.23. The maximum absolute atomic E-state index is 13.8. The molecule has 0 saturated heterocycles. The summed E-state index contributed by atoms with van der Waals surface area (Å²) < 4.78 is 32.7. The van der Waals surface area contributed by atoms with Crippen LogP contribution >= 0.6 is 0 Å². The quantitative estimate of drug-likeness (QED) is 0.583. The highest BCUT2D eigenvalue weighted by Gasteiger charge is 2.44. The smallest absolute Gasteiger partial charge is 0.202 e. The number of hydrogen-bond donors (Lipinski definition) is 0. The van der Waals surface area contributed by atoms with Gasteiger partial charge in [-0.05, 0) is 19.9 Å². The van der Waals surface area contributed by atoms with Gasteiger partial charge in [-0.15, -0.1) is 0 Å². The summed E-state index contributed by atoms with van der Waals surface area (Å²) in [6.45, 7) is 3.76. The highest BCUT2D eigenvalue weighted by atomic mass is 19.2. The van der Waals surface area contributed by atoms with Crippen molar-refractivity contribution in [2.24, 2.45) is 5.92 Å². The van der Waals surface area contributed by atoms with Gasteiger partial charge in [0.25, 0.3) is 0 Å². The maximum Gasteiger partial charge on any atom is 0.202 e. The average molecular weight is 281 g/mol. The van der Waals surface area contributed by atoms with Gasteiger partial charge in [0.2, 0.25) is 5.82 Å². The maximum atomic E-state index is 13.8. The Balaban J connectivity index is 2.32. The summed E-state index contributed by atoms with van der Waals surface area (Å²) in [7, 11) is 0. The number of aldehydes is 1. The number of carbonyl (C=O) groups is 2. The van der Waals surface area contributed by atoms with E-state index in [2.05, 4.69) is 0 Å². The molecule has 0 saturated carbocycles. The van der Waals surface area contributed by atoms with Crippen molar-refractivity contribution in [2.45, 2.75) is 25.9 Å². The van der Waals surface area contributed by atoms with Crippen molar-refractivity contribution in [1.82, 2.24) is 0 Å². The third kappa shape index (κ3) is 1.50. The largest absolute Gasteiger partial charge is 0.486 e. The predicted molar refractivity (Wildman–Crippen MR) is 67.1 cm³/mol. The first-order valence-corrected chi connectivity index (χ1v) is 6.40. The number of Topliss-reactive ketones (excluding diaryl/α,β-unsaturated/α-hetero) is 1. The highest BCUT2D eigenvalue weighted by Crippen LogP contribution is 2.45. The van der Waals surface area contributed by atoms with E-state index in [-0.39, 0.29) is 29.6 Å². The monoisotopic (exact) mass is 281 g/mol. The van der Waals surface area contributed by atoms with Crippen molar-refractivity contribution in [3.05, 3.63) is 23.3 Å². The van der Waals surface area contributed by atoms with Gasteiger partial charge in [-0.3, -0.25) is 4.79 Å². The van der Waals surface area contributed by atoms with Crippen LogP contribution in [0.3, 0.4) is 0 Å². The van der Waals surface area contributed by atoms with E-state index in [1.807, 2.05) is 6.92 Å². The lowest BCUT2D eigenvalue weighted by molar-refractivity contribution is -0.110. The summed E-state index contributed by atoms with van der Waals surface area (Å²) in [6, 6.07) is 0.319. The minimum Gasteiger partial charge on any atom is -0.486 e. The predicted octanol–water partition coefficient (Wildman–Crippen LogP) is 1.95. The number of ketones is 1. The Morgan fingerprint density at radius 2 is 2.10 bits per heavy atom. The molecular weight excluding hydrogens is 268 g/mol. The second-order valence-electron chi connectivity index (χ2n) is 5.23. The minimum absolute atomic E-state index is 0.0145. The molecule has 4 nitrogen and oxygen atoms in total. The molecule has 2 aliphatic rings. The van der Waals surface area contributed by atoms with Crippen LogP contribution < -0.4 is 9.64 Å². The zero-order valence-electron chi connectivity index (χ0n) is 11.0. The van der Waals surface area contributed by atoms with Crippen molar-refractivity contribution in [2.75, 3.05) is 11.5 Å². The van der Waals surface area contributed by atoms with Gasteiger partial charge in [-0.25, -0.2) is 4.39 Å². The van der Waals surface area contributed by atoms with Crippen LogP contribution in [-0.2, 0) is 4.79 Å². The first kappa shape index (κ1) is 13.0. The SMILES string of the molecule is CC1COc2c(F)c(F)cc3c2N1C(C)C(C=O)C3=O. The van der Waals surface area contributed by atoms with Crippen molar-refractivity contribution in [3.8, 4) is 5.75 Å². The van der Waals surface area contributed by atoms with Crippen LogP contribution in [0.2, 0.25) is 0 Å². The summed E-state index contributed by atoms with van der Waals surface area (Å²) in [5, 5.41) is 0. The standard InChI is InChI=1S/C14H13F2NO3/c1-6-5-20-14-11(16)10(15)3-8-12(14)17(6)7(2)9(4-18)13(8)19/h3-4,6-7,9H,5H2,1-2H3. The Kier molecular flexibility index (Phi) is 2.77. The van der Waals surface area contributed by atoms with Crippen LogP contribution in [0.25, 0.3) is 0 Å². The second kappa shape index (κ2) is 4.26. The van der Waals surface area contributed by atoms with Gasteiger partial charge in [-0.1, -0.05) is 0 Å². The summed E-state index contributed by atoms with van der Waals surface area (Å²) in [6.07, 6.45) is 0.569. The Hall–Kier alpha value is -1.98. The van der Waals surface area contributed by atoms with E-state index in [9.17, 15) is 18.4 Å². The molecule has 1 aromatic carbocycles. The lowest BCUT2D eigenvalue weighted by Crippen LogP contribution is -2.55. The van der Waals surface area contributed by atoms with E-state index in [0.29, 0.717) is 6.29 Å². The summed E-state index contributed by atoms with van der Waals surface area (Å²) in [4.78, 5) is 25.2. The molecule has 0 aromatic heterocycles. The zero-order valence-corrected chi connectivity index (χ0v) is 11.0. The first-order chi connectivity index (χ1) is 9.47. The number of rotatable bonds is 1. The molecule has 0 N–H and O–H groups in total. The van der Waals surface area contributed by atoms with E-state index in [0.717, 1.165) is 6.07 Å². The van der Waals surface area contributed by atoms with Crippen molar-refractivity contribution >= 4 is 17.8 Å². The Morgan fingerprint density at radius 3 is 2.75 bits per heavy atom. The van der Waals surface area contributed by atoms with Gasteiger partial charge in [0.15, 0.2) is 17.3 Å². The number of benzene rings is 1. The third-order valence-corrected chi connectivity index (χ3v) is 4.03. The molecule has 0 bridgehead atoms. The average Bonchev–Trinajstić information content (AvgIpc) is 2.41. The van der Waals surface area contributed by atoms with E-state index < -0.39 is 29.4 Å². The van der Waals surface area contributed by atoms with Crippen molar-refractivity contribution in [1.29, 1.82) is 0 Å².